The first-order chi connectivity index (χ1) is 11.0. The number of nitrogens with one attached hydrogen (secondary N) is 3. The molecule has 0 aliphatic heterocycles. The third kappa shape index (κ3) is 7.23. The number of hydrogen-bond donors (Lipinski definition) is 4. The molecule has 0 saturated carbocycles. The number of hydrogen-bond acceptors (Lipinski definition) is 6. The highest BCUT2D eigenvalue weighted by Crippen LogP contribution is 2.13. The van der Waals surface area contributed by atoms with Gasteiger partial charge in [-0.3, -0.25) is 0 Å². The predicted octanol–water partition coefficient (Wildman–Crippen LogP) is -0.639. The van der Waals surface area contributed by atoms with Crippen molar-refractivity contribution in [1.82, 2.24) is 14.9 Å². The predicted molar refractivity (Wildman–Crippen MR) is 92.5 cm³/mol. The van der Waals surface area contributed by atoms with Crippen molar-refractivity contribution in [2.75, 3.05) is 6.54 Å². The monoisotopic (exact) mass is 396 g/mol. The minimum atomic E-state index is -3.93. The summed E-state index contributed by atoms with van der Waals surface area (Å²) in [7, 11) is -7.83. The highest BCUT2D eigenvalue weighted by atomic mass is 35.5. The van der Waals surface area contributed by atoms with Crippen LogP contribution in [0.4, 0.5) is 0 Å². The first-order valence-corrected chi connectivity index (χ1v) is 9.79. The van der Waals surface area contributed by atoms with Gasteiger partial charge in [-0.2, -0.15) is 18.2 Å². The maximum atomic E-state index is 12.2. The molecule has 1 aromatic carbocycles. The van der Waals surface area contributed by atoms with E-state index >= 15 is 0 Å². The molecule has 0 amide bonds. The zero-order chi connectivity index (χ0) is 18.4. The zero-order valence-electron chi connectivity index (χ0n) is 12.6. The van der Waals surface area contributed by atoms with E-state index in [1.807, 2.05) is 0 Å². The van der Waals surface area contributed by atoms with Crippen LogP contribution >= 0.6 is 11.6 Å². The van der Waals surface area contributed by atoms with Gasteiger partial charge in [0.15, 0.2) is 0 Å². The van der Waals surface area contributed by atoms with Crippen LogP contribution in [0.3, 0.4) is 0 Å². The van der Waals surface area contributed by atoms with Gasteiger partial charge in [-0.05, 0) is 31.2 Å². The van der Waals surface area contributed by atoms with Crippen LogP contribution in [0.25, 0.3) is 0 Å². The maximum absolute atomic E-state index is 12.2. The number of rotatable bonds is 7. The number of aliphatic imine (C=N–C) groups is 1. The van der Waals surface area contributed by atoms with Gasteiger partial charge in [0, 0.05) is 17.8 Å². The Morgan fingerprint density at radius 1 is 1.29 bits per heavy atom. The first kappa shape index (κ1) is 20.3. The van der Waals surface area contributed by atoms with E-state index in [-0.39, 0.29) is 17.4 Å². The molecule has 0 fully saturated rings. The van der Waals surface area contributed by atoms with Crippen LogP contribution in [0.5, 0.6) is 0 Å². The van der Waals surface area contributed by atoms with Gasteiger partial charge in [0.2, 0.25) is 5.96 Å². The molecule has 0 bridgehead atoms. The number of hydrazone groups is 1. The molecular formula is C11H17ClN6O4S2. The van der Waals surface area contributed by atoms with Gasteiger partial charge >= 0.3 is 0 Å². The fraction of sp³-hybridized carbons (Fsp3) is 0.273. The third-order valence-corrected chi connectivity index (χ3v) is 4.77. The average Bonchev–Trinajstić information content (AvgIpc) is 2.43. The van der Waals surface area contributed by atoms with E-state index in [4.69, 9.17) is 16.7 Å². The summed E-state index contributed by atoms with van der Waals surface area (Å²) >= 11 is 5.71. The maximum Gasteiger partial charge on any atom is 0.274 e. The summed E-state index contributed by atoms with van der Waals surface area (Å²) < 4.78 is 50.5. The van der Waals surface area contributed by atoms with Gasteiger partial charge in [0.1, 0.15) is 0 Å². The van der Waals surface area contributed by atoms with E-state index in [1.54, 1.807) is 0 Å². The van der Waals surface area contributed by atoms with E-state index in [0.29, 0.717) is 5.02 Å². The summed E-state index contributed by atoms with van der Waals surface area (Å²) in [6.45, 7) is 4.58. The van der Waals surface area contributed by atoms with Crippen molar-refractivity contribution in [2.45, 2.75) is 17.9 Å². The van der Waals surface area contributed by atoms with Crippen LogP contribution in [0, 0.1) is 0 Å². The number of nitrogens with two attached hydrogens (primary N) is 1. The molecule has 10 nitrogen and oxygen atoms in total. The molecule has 5 N–H and O–H groups in total. The van der Waals surface area contributed by atoms with Crippen LogP contribution < -0.4 is 20.0 Å². The number of nitrogens with zero attached hydrogens (tertiary/aromatic N) is 2. The van der Waals surface area contributed by atoms with Crippen molar-refractivity contribution in [3.63, 3.8) is 0 Å². The van der Waals surface area contributed by atoms with Gasteiger partial charge in [-0.25, -0.2) is 28.7 Å². The summed E-state index contributed by atoms with van der Waals surface area (Å²) in [5.41, 5.74) is 2.28. The van der Waals surface area contributed by atoms with Crippen molar-refractivity contribution >= 4 is 44.5 Å². The highest BCUT2D eigenvalue weighted by Gasteiger charge is 2.17. The molecule has 1 aromatic rings. The molecule has 0 saturated heterocycles. The van der Waals surface area contributed by atoms with Crippen LogP contribution in [0.15, 0.2) is 39.3 Å². The van der Waals surface area contributed by atoms with Gasteiger partial charge in [-0.15, -0.1) is 0 Å². The second kappa shape index (κ2) is 8.39. The second-order valence-corrected chi connectivity index (χ2v) is 8.03. The minimum Gasteiger partial charge on any atom is -0.249 e. The van der Waals surface area contributed by atoms with Crippen molar-refractivity contribution < 1.29 is 16.8 Å². The Kier molecular flexibility index (Phi) is 7.10. The Morgan fingerprint density at radius 3 is 2.38 bits per heavy atom. The molecule has 0 aliphatic rings. The van der Waals surface area contributed by atoms with Gasteiger partial charge < -0.3 is 0 Å². The third-order valence-electron chi connectivity index (χ3n) is 2.43. The molecule has 13 heteroatoms. The minimum absolute atomic E-state index is 0.0406. The van der Waals surface area contributed by atoms with Crippen molar-refractivity contribution in [1.29, 1.82) is 0 Å². The van der Waals surface area contributed by atoms with Crippen molar-refractivity contribution in [2.24, 2.45) is 15.2 Å². The topological polar surface area (TPSA) is 155 Å². The number of benzene rings is 1. The van der Waals surface area contributed by atoms with E-state index in [2.05, 4.69) is 31.7 Å². The summed E-state index contributed by atoms with van der Waals surface area (Å²) in [4.78, 5) is 3.86. The molecule has 0 aliphatic carbocycles. The van der Waals surface area contributed by atoms with Gasteiger partial charge in [0.05, 0.1) is 11.4 Å². The molecule has 0 heterocycles. The summed E-state index contributed by atoms with van der Waals surface area (Å²) in [5.74, 6) is -0.233. The molecule has 0 spiro atoms. The molecule has 1 rings (SSSR count). The Labute approximate surface area is 145 Å². The van der Waals surface area contributed by atoms with E-state index < -0.39 is 26.3 Å². The normalized spacial score (nSPS) is 14.0. The van der Waals surface area contributed by atoms with Gasteiger partial charge in [-0.1, -0.05) is 11.6 Å². The van der Waals surface area contributed by atoms with Crippen LogP contribution in [0.2, 0.25) is 5.02 Å². The lowest BCUT2D eigenvalue weighted by molar-refractivity contribution is 0.563. The van der Waals surface area contributed by atoms with Crippen molar-refractivity contribution in [3.05, 3.63) is 29.3 Å². The summed E-state index contributed by atoms with van der Waals surface area (Å²) in [6.07, 6.45) is 0. The summed E-state index contributed by atoms with van der Waals surface area (Å²) in [5, 5.41) is 8.56. The largest absolute Gasteiger partial charge is 0.274 e. The Bertz CT molecular complexity index is 807. The first-order valence-electron chi connectivity index (χ1n) is 6.38. The van der Waals surface area contributed by atoms with Crippen molar-refractivity contribution in [3.8, 4) is 0 Å². The Balaban J connectivity index is 2.90. The molecule has 0 radical (unpaired) electrons. The SMILES string of the molecule is C=NNC(=NC[C@H](C)NS(N)(=O)=O)NS(=O)(=O)c1ccc(Cl)cc1. The van der Waals surface area contributed by atoms with Crippen LogP contribution in [-0.4, -0.2) is 42.1 Å². The quantitative estimate of drug-likeness (QED) is 0.274. The van der Waals surface area contributed by atoms with Crippen LogP contribution in [0.1, 0.15) is 6.92 Å². The lowest BCUT2D eigenvalue weighted by Crippen LogP contribution is -2.42. The number of sulfonamides is 1. The highest BCUT2D eigenvalue weighted by molar-refractivity contribution is 7.90. The van der Waals surface area contributed by atoms with E-state index in [9.17, 15) is 16.8 Å². The second-order valence-electron chi connectivity index (χ2n) is 4.58. The lowest BCUT2D eigenvalue weighted by Gasteiger charge is -2.12. The fourth-order valence-corrected chi connectivity index (χ4v) is 3.25. The smallest absolute Gasteiger partial charge is 0.249 e. The van der Waals surface area contributed by atoms with E-state index in [1.165, 1.54) is 31.2 Å². The molecule has 134 valence electrons. The standard InChI is InChI=1S/C11H17ClN6O4S2/c1-8(17-24(13,21)22)7-15-11(16-14-2)18-23(19,20)10-5-3-9(12)4-6-10/h3-6,8,17H,2,7H2,1H3,(H2,13,21,22)(H2,15,16,18)/t8-/m0/s1. The lowest BCUT2D eigenvalue weighted by atomic mass is 10.4. The molecule has 0 aromatic heterocycles. The molecular weight excluding hydrogens is 380 g/mol. The Morgan fingerprint density at radius 2 is 1.88 bits per heavy atom. The zero-order valence-corrected chi connectivity index (χ0v) is 15.0. The average molecular weight is 397 g/mol. The molecule has 24 heavy (non-hydrogen) atoms. The van der Waals surface area contributed by atoms with E-state index in [0.717, 1.165) is 0 Å². The fourth-order valence-electron chi connectivity index (χ4n) is 1.51. The van der Waals surface area contributed by atoms with Gasteiger partial charge in [0.25, 0.3) is 20.2 Å². The molecule has 0 unspecified atom stereocenters. The van der Waals surface area contributed by atoms with Crippen LogP contribution in [-0.2, 0) is 20.2 Å². The Hall–Kier alpha value is -1.73. The summed E-state index contributed by atoms with van der Waals surface area (Å²) in [6, 6.07) is 4.81. The molecule has 1 atom stereocenters. The number of halogens is 1. The number of guanidine groups is 1.